The molecule has 2 aromatic carbocycles. The fourth-order valence-corrected chi connectivity index (χ4v) is 5.47. The van der Waals surface area contributed by atoms with Crippen molar-refractivity contribution in [2.24, 2.45) is 5.92 Å². The van der Waals surface area contributed by atoms with E-state index < -0.39 is 0 Å². The summed E-state index contributed by atoms with van der Waals surface area (Å²) in [6.07, 6.45) is 4.35. The number of rotatable bonds is 7. The van der Waals surface area contributed by atoms with Crippen LogP contribution in [0.25, 0.3) is 10.9 Å². The van der Waals surface area contributed by atoms with Crippen molar-refractivity contribution in [3.63, 3.8) is 0 Å². The number of nitrogens with one attached hydrogen (secondary N) is 1. The maximum atomic E-state index is 13.4. The summed E-state index contributed by atoms with van der Waals surface area (Å²) in [6, 6.07) is 22.1. The van der Waals surface area contributed by atoms with Crippen molar-refractivity contribution in [2.45, 2.75) is 38.8 Å². The van der Waals surface area contributed by atoms with Gasteiger partial charge in [0.2, 0.25) is 0 Å². The van der Waals surface area contributed by atoms with Gasteiger partial charge >= 0.3 is 0 Å². The number of pyridine rings is 1. The van der Waals surface area contributed by atoms with Gasteiger partial charge in [-0.1, -0.05) is 48.5 Å². The monoisotopic (exact) mass is 483 g/mol. The van der Waals surface area contributed by atoms with E-state index in [1.807, 2.05) is 55.3 Å². The first-order valence-corrected chi connectivity index (χ1v) is 12.7. The van der Waals surface area contributed by atoms with Crippen molar-refractivity contribution in [1.29, 1.82) is 0 Å². The first kappa shape index (κ1) is 24.1. The molecule has 6 nitrogen and oxygen atoms in total. The molecule has 1 atom stereocenters. The molecular weight excluding hydrogens is 450 g/mol. The third-order valence-electron chi connectivity index (χ3n) is 7.60. The lowest BCUT2D eigenvalue weighted by molar-refractivity contribution is 0.0583. The highest BCUT2D eigenvalue weighted by Gasteiger charge is 2.33. The van der Waals surface area contributed by atoms with Gasteiger partial charge in [-0.25, -0.2) is 0 Å². The number of benzene rings is 2. The van der Waals surface area contributed by atoms with Crippen LogP contribution in [0.2, 0.25) is 0 Å². The Morgan fingerprint density at radius 1 is 1.08 bits per heavy atom. The van der Waals surface area contributed by atoms with Gasteiger partial charge in [0.25, 0.3) is 11.5 Å². The molecule has 0 aliphatic carbocycles. The Labute approximate surface area is 211 Å². The van der Waals surface area contributed by atoms with E-state index in [0.29, 0.717) is 23.8 Å². The third-order valence-corrected chi connectivity index (χ3v) is 7.60. The number of aromatic amines is 1. The number of likely N-dealkylation sites (tertiary alicyclic amines) is 1. The molecule has 186 valence electrons. The Kier molecular flexibility index (Phi) is 7.05. The Hall–Kier alpha value is -3.64. The first-order chi connectivity index (χ1) is 17.5. The number of hydrogen-bond donors (Lipinski definition) is 1. The van der Waals surface area contributed by atoms with Crippen LogP contribution in [0.4, 0.5) is 0 Å². The van der Waals surface area contributed by atoms with Gasteiger partial charge in [-0.3, -0.25) is 14.5 Å². The molecule has 0 radical (unpaired) electrons. The summed E-state index contributed by atoms with van der Waals surface area (Å²) in [6.45, 7) is 4.27. The number of furan rings is 1. The number of carbonyl (C=O) groups excluding carboxylic acids is 1. The van der Waals surface area contributed by atoms with Crippen LogP contribution in [0.3, 0.4) is 0 Å². The average Bonchev–Trinajstić information content (AvgIpc) is 3.34. The van der Waals surface area contributed by atoms with Gasteiger partial charge in [0.1, 0.15) is 5.76 Å². The molecule has 0 saturated carbocycles. The Morgan fingerprint density at radius 2 is 1.81 bits per heavy atom. The van der Waals surface area contributed by atoms with Crippen LogP contribution in [0.1, 0.15) is 40.1 Å². The highest BCUT2D eigenvalue weighted by Crippen LogP contribution is 2.28. The van der Waals surface area contributed by atoms with Crippen molar-refractivity contribution < 1.29 is 9.21 Å². The summed E-state index contributed by atoms with van der Waals surface area (Å²) >= 11 is 0. The molecular formula is C30H33N3O3. The van der Waals surface area contributed by atoms with Crippen molar-refractivity contribution >= 4 is 16.8 Å². The number of likely N-dealkylation sites (N-methyl/N-ethyl adjacent to an activating group) is 1. The second kappa shape index (κ2) is 10.5. The zero-order chi connectivity index (χ0) is 25.1. The van der Waals surface area contributed by atoms with Crippen LogP contribution in [-0.2, 0) is 13.0 Å². The van der Waals surface area contributed by atoms with E-state index in [1.165, 1.54) is 5.56 Å². The molecule has 1 unspecified atom stereocenters. The Bertz CT molecular complexity index is 1380. The summed E-state index contributed by atoms with van der Waals surface area (Å²) in [4.78, 5) is 33.3. The quantitative estimate of drug-likeness (QED) is 0.401. The van der Waals surface area contributed by atoms with Crippen molar-refractivity contribution in [3.8, 4) is 0 Å². The minimum absolute atomic E-state index is 0.00677. The summed E-state index contributed by atoms with van der Waals surface area (Å²) in [7, 11) is 1.92. The van der Waals surface area contributed by atoms with E-state index in [0.717, 1.165) is 48.8 Å². The minimum Gasteiger partial charge on any atom is -0.469 e. The van der Waals surface area contributed by atoms with Crippen molar-refractivity contribution in [2.75, 3.05) is 20.1 Å². The third kappa shape index (κ3) is 5.14. The predicted octanol–water partition coefficient (Wildman–Crippen LogP) is 5.03. The van der Waals surface area contributed by atoms with Gasteiger partial charge in [0.05, 0.1) is 11.8 Å². The second-order valence-corrected chi connectivity index (χ2v) is 9.89. The number of nitrogens with zero attached hydrogens (tertiary/aromatic N) is 2. The Balaban J connectivity index is 1.30. The molecule has 1 aliphatic rings. The van der Waals surface area contributed by atoms with Crippen LogP contribution in [0, 0.1) is 12.8 Å². The van der Waals surface area contributed by atoms with Crippen molar-refractivity contribution in [3.05, 3.63) is 106 Å². The highest BCUT2D eigenvalue weighted by atomic mass is 16.3. The summed E-state index contributed by atoms with van der Waals surface area (Å²) in [5, 5.41) is 1.06. The standard InChI is InChI=1S/C30H33N3O3/c1-21-26(14-17-36-21)30(35)32(2)28(18-22-8-4-3-5-9-22)23-12-15-33(16-13-23)20-25-19-24-10-6-7-11-27(24)31-29(25)34/h3-11,14,17,19,23,28H,12-13,15-16,18,20H2,1-2H3,(H,31,34). The number of piperidine rings is 1. The van der Waals surface area contributed by atoms with Crippen molar-refractivity contribution in [1.82, 2.24) is 14.8 Å². The van der Waals surface area contributed by atoms with E-state index >= 15 is 0 Å². The smallest absolute Gasteiger partial charge is 0.257 e. The molecule has 1 fully saturated rings. The molecule has 36 heavy (non-hydrogen) atoms. The lowest BCUT2D eigenvalue weighted by atomic mass is 9.84. The second-order valence-electron chi connectivity index (χ2n) is 9.89. The molecule has 1 aliphatic heterocycles. The van der Waals surface area contributed by atoms with E-state index in [1.54, 1.807) is 12.3 Å². The number of amides is 1. The van der Waals surface area contributed by atoms with Gasteiger partial charge in [0, 0.05) is 30.7 Å². The van der Waals surface area contributed by atoms with Gasteiger partial charge < -0.3 is 14.3 Å². The van der Waals surface area contributed by atoms with Crippen LogP contribution in [0.15, 0.2) is 82.2 Å². The molecule has 4 aromatic rings. The number of fused-ring (bicyclic) bond motifs is 1. The summed E-state index contributed by atoms with van der Waals surface area (Å²) < 4.78 is 5.40. The van der Waals surface area contributed by atoms with Gasteiger partial charge in [-0.05, 0) is 74.3 Å². The number of carbonyl (C=O) groups is 1. The SMILES string of the molecule is Cc1occc1C(=O)N(C)C(Cc1ccccc1)C1CCN(Cc2cc3ccccc3[nH]c2=O)CC1. The zero-order valence-electron chi connectivity index (χ0n) is 20.9. The molecule has 6 heteroatoms. The molecule has 1 saturated heterocycles. The van der Waals surface area contributed by atoms with E-state index in [2.05, 4.69) is 34.1 Å². The molecule has 1 N–H and O–H groups in total. The highest BCUT2D eigenvalue weighted by molar-refractivity contribution is 5.95. The number of para-hydroxylation sites is 1. The molecule has 5 rings (SSSR count). The maximum Gasteiger partial charge on any atom is 0.257 e. The van der Waals surface area contributed by atoms with E-state index in [4.69, 9.17) is 4.42 Å². The van der Waals surface area contributed by atoms with Crippen LogP contribution >= 0.6 is 0 Å². The topological polar surface area (TPSA) is 69.6 Å². The van der Waals surface area contributed by atoms with Crippen LogP contribution < -0.4 is 5.56 Å². The van der Waals surface area contributed by atoms with Gasteiger partial charge in [-0.2, -0.15) is 0 Å². The number of hydrogen-bond acceptors (Lipinski definition) is 4. The molecule has 2 aromatic heterocycles. The van der Waals surface area contributed by atoms with Crippen LogP contribution in [0.5, 0.6) is 0 Å². The first-order valence-electron chi connectivity index (χ1n) is 12.7. The molecule has 0 bridgehead atoms. The lowest BCUT2D eigenvalue weighted by Crippen LogP contribution is -2.47. The van der Waals surface area contributed by atoms with E-state index in [-0.39, 0.29) is 17.5 Å². The lowest BCUT2D eigenvalue weighted by Gasteiger charge is -2.40. The number of aromatic nitrogens is 1. The zero-order valence-corrected chi connectivity index (χ0v) is 20.9. The number of H-pyrrole nitrogens is 1. The normalized spacial score (nSPS) is 15.7. The van der Waals surface area contributed by atoms with E-state index in [9.17, 15) is 9.59 Å². The predicted molar refractivity (Wildman–Crippen MR) is 142 cm³/mol. The molecule has 0 spiro atoms. The fraction of sp³-hybridized carbons (Fsp3) is 0.333. The summed E-state index contributed by atoms with van der Waals surface area (Å²) in [5.41, 5.74) is 3.52. The van der Waals surface area contributed by atoms with Gasteiger partial charge in [0.15, 0.2) is 0 Å². The molecule has 1 amide bonds. The Morgan fingerprint density at radius 3 is 2.53 bits per heavy atom. The average molecular weight is 484 g/mol. The number of aryl methyl sites for hydroxylation is 1. The largest absolute Gasteiger partial charge is 0.469 e. The van der Waals surface area contributed by atoms with Gasteiger partial charge in [-0.15, -0.1) is 0 Å². The fourth-order valence-electron chi connectivity index (χ4n) is 5.47. The maximum absolute atomic E-state index is 13.4. The van der Waals surface area contributed by atoms with Crippen LogP contribution in [-0.4, -0.2) is 46.9 Å². The minimum atomic E-state index is -0.0152. The summed E-state index contributed by atoms with van der Waals surface area (Å²) in [5.74, 6) is 1.03. The molecule has 3 heterocycles.